The SMILES string of the molecule is Cc1cc(Nc2cc(-c3ccc4cc(C#N)cnn34)ncc2C(=O)NC[C@@H](F)C(C)(C)O)cnc1F. The van der Waals surface area contributed by atoms with Crippen molar-refractivity contribution in [2.24, 2.45) is 0 Å². The summed E-state index contributed by atoms with van der Waals surface area (Å²) >= 11 is 0. The predicted octanol–water partition coefficient (Wildman–Crippen LogP) is 3.69. The Hall–Kier alpha value is -4.43. The molecular weight excluding hydrogens is 468 g/mol. The van der Waals surface area contributed by atoms with E-state index in [0.717, 1.165) is 0 Å². The second kappa shape index (κ2) is 9.67. The zero-order valence-electron chi connectivity index (χ0n) is 19.8. The third kappa shape index (κ3) is 5.13. The van der Waals surface area contributed by atoms with E-state index < -0.39 is 30.2 Å². The van der Waals surface area contributed by atoms with E-state index in [-0.39, 0.29) is 5.56 Å². The van der Waals surface area contributed by atoms with Gasteiger partial charge in [-0.15, -0.1) is 0 Å². The van der Waals surface area contributed by atoms with Crippen molar-refractivity contribution in [1.82, 2.24) is 24.9 Å². The number of fused-ring (bicyclic) bond motifs is 1. The van der Waals surface area contributed by atoms with Gasteiger partial charge in [0.05, 0.1) is 63.9 Å². The molecule has 4 rings (SSSR count). The summed E-state index contributed by atoms with van der Waals surface area (Å²) in [6, 6.07) is 10.4. The zero-order chi connectivity index (χ0) is 26.0. The number of amides is 1. The number of nitriles is 1. The molecule has 36 heavy (non-hydrogen) atoms. The first kappa shape index (κ1) is 24.7. The standard InChI is InChI=1S/C25H23F2N7O2/c1-14-6-16(11-30-23(14)27)33-19-8-20(21-5-4-17-7-15(9-28)10-32-34(17)21)29-12-18(19)24(35)31-13-22(26)25(2,3)36/h4-8,10-12,22,36H,13H2,1-3H3,(H,29,33)(H,31,35)/t22-/m1/s1. The van der Waals surface area contributed by atoms with Crippen LogP contribution in [-0.2, 0) is 0 Å². The Morgan fingerprint density at radius 1 is 1.22 bits per heavy atom. The van der Waals surface area contributed by atoms with Gasteiger partial charge in [0, 0.05) is 11.8 Å². The van der Waals surface area contributed by atoms with Crippen LogP contribution in [0.1, 0.15) is 35.3 Å². The molecule has 4 heterocycles. The van der Waals surface area contributed by atoms with E-state index >= 15 is 0 Å². The molecule has 0 spiro atoms. The lowest BCUT2D eigenvalue weighted by Crippen LogP contribution is -2.42. The highest BCUT2D eigenvalue weighted by Gasteiger charge is 2.27. The summed E-state index contributed by atoms with van der Waals surface area (Å²) in [7, 11) is 0. The number of alkyl halides is 1. The molecule has 3 N–H and O–H groups in total. The first-order chi connectivity index (χ1) is 17.1. The first-order valence-electron chi connectivity index (χ1n) is 11.0. The molecule has 0 aliphatic rings. The Labute approximate surface area is 205 Å². The Morgan fingerprint density at radius 2 is 2.00 bits per heavy atom. The fourth-order valence-electron chi connectivity index (χ4n) is 3.44. The number of rotatable bonds is 7. The third-order valence-electron chi connectivity index (χ3n) is 5.54. The number of nitrogens with zero attached hydrogens (tertiary/aromatic N) is 5. The van der Waals surface area contributed by atoms with Crippen LogP contribution in [0.2, 0.25) is 0 Å². The second-order valence-electron chi connectivity index (χ2n) is 8.81. The smallest absolute Gasteiger partial charge is 0.255 e. The summed E-state index contributed by atoms with van der Waals surface area (Å²) in [5, 5.41) is 28.8. The summed E-state index contributed by atoms with van der Waals surface area (Å²) in [6.07, 6.45) is 2.36. The maximum absolute atomic E-state index is 14.2. The minimum absolute atomic E-state index is 0.101. The molecule has 0 saturated carbocycles. The van der Waals surface area contributed by atoms with Crippen LogP contribution in [0.4, 0.5) is 20.2 Å². The summed E-state index contributed by atoms with van der Waals surface area (Å²) in [6.45, 7) is 3.78. The lowest BCUT2D eigenvalue weighted by Gasteiger charge is -2.22. The Kier molecular flexibility index (Phi) is 6.63. The van der Waals surface area contributed by atoms with Crippen molar-refractivity contribution < 1.29 is 18.7 Å². The van der Waals surface area contributed by atoms with Crippen LogP contribution in [-0.4, -0.2) is 48.9 Å². The summed E-state index contributed by atoms with van der Waals surface area (Å²) in [4.78, 5) is 21.0. The predicted molar refractivity (Wildman–Crippen MR) is 129 cm³/mol. The van der Waals surface area contributed by atoms with Crippen molar-refractivity contribution in [3.63, 3.8) is 0 Å². The summed E-state index contributed by atoms with van der Waals surface area (Å²) < 4.78 is 29.5. The van der Waals surface area contributed by atoms with Crippen LogP contribution in [0.5, 0.6) is 0 Å². The van der Waals surface area contributed by atoms with Gasteiger partial charge in [-0.3, -0.25) is 9.78 Å². The fraction of sp³-hybridized carbons (Fsp3) is 0.240. The zero-order valence-corrected chi connectivity index (χ0v) is 19.8. The van der Waals surface area contributed by atoms with Gasteiger partial charge in [-0.25, -0.2) is 13.9 Å². The Morgan fingerprint density at radius 3 is 2.69 bits per heavy atom. The van der Waals surface area contributed by atoms with Crippen LogP contribution in [0.3, 0.4) is 0 Å². The van der Waals surface area contributed by atoms with Crippen LogP contribution in [0.25, 0.3) is 16.9 Å². The van der Waals surface area contributed by atoms with Crippen molar-refractivity contribution in [3.8, 4) is 17.5 Å². The fourth-order valence-corrected chi connectivity index (χ4v) is 3.44. The largest absolute Gasteiger partial charge is 0.387 e. The molecule has 0 aromatic carbocycles. The molecule has 4 aromatic rings. The summed E-state index contributed by atoms with van der Waals surface area (Å²) in [5.74, 6) is -1.23. The number of hydrogen-bond donors (Lipinski definition) is 3. The average Bonchev–Trinajstić information content (AvgIpc) is 3.27. The van der Waals surface area contributed by atoms with E-state index in [1.807, 2.05) is 6.07 Å². The van der Waals surface area contributed by atoms with E-state index in [9.17, 15) is 18.7 Å². The Bertz CT molecular complexity index is 1490. The highest BCUT2D eigenvalue weighted by atomic mass is 19.1. The highest BCUT2D eigenvalue weighted by Crippen LogP contribution is 2.28. The van der Waals surface area contributed by atoms with Crippen molar-refractivity contribution in [2.75, 3.05) is 11.9 Å². The second-order valence-corrected chi connectivity index (χ2v) is 8.81. The van der Waals surface area contributed by atoms with Crippen LogP contribution < -0.4 is 10.6 Å². The highest BCUT2D eigenvalue weighted by molar-refractivity contribution is 6.00. The van der Waals surface area contributed by atoms with Gasteiger partial charge >= 0.3 is 0 Å². The molecule has 1 atom stereocenters. The number of carbonyl (C=O) groups is 1. The molecule has 9 nitrogen and oxygen atoms in total. The van der Waals surface area contributed by atoms with Gasteiger partial charge in [0.25, 0.3) is 5.91 Å². The van der Waals surface area contributed by atoms with E-state index in [1.165, 1.54) is 38.5 Å². The van der Waals surface area contributed by atoms with E-state index in [4.69, 9.17) is 5.26 Å². The molecule has 0 aliphatic carbocycles. The lowest BCUT2D eigenvalue weighted by molar-refractivity contribution is -0.00177. The molecule has 0 saturated heterocycles. The molecule has 4 aromatic heterocycles. The third-order valence-corrected chi connectivity index (χ3v) is 5.54. The number of carbonyl (C=O) groups excluding carboxylic acids is 1. The van der Waals surface area contributed by atoms with Crippen molar-refractivity contribution in [1.29, 1.82) is 5.26 Å². The summed E-state index contributed by atoms with van der Waals surface area (Å²) in [5.41, 5.74) is 1.67. The molecule has 0 aliphatic heterocycles. The van der Waals surface area contributed by atoms with Crippen LogP contribution in [0, 0.1) is 24.2 Å². The van der Waals surface area contributed by atoms with Crippen LogP contribution in [0.15, 0.2) is 48.9 Å². The number of hydrogen-bond acceptors (Lipinski definition) is 7. The first-order valence-corrected chi connectivity index (χ1v) is 11.0. The normalized spacial score (nSPS) is 12.2. The minimum atomic E-state index is -1.69. The quantitative estimate of drug-likeness (QED) is 0.336. The minimum Gasteiger partial charge on any atom is -0.387 e. The molecule has 0 unspecified atom stereocenters. The van der Waals surface area contributed by atoms with Gasteiger partial charge in [-0.05, 0) is 51.1 Å². The lowest BCUT2D eigenvalue weighted by atomic mass is 10.0. The number of aliphatic hydroxyl groups is 1. The van der Waals surface area contributed by atoms with Gasteiger partial charge in [-0.2, -0.15) is 14.8 Å². The molecule has 0 fully saturated rings. The van der Waals surface area contributed by atoms with E-state index in [0.29, 0.717) is 39.4 Å². The average molecular weight is 492 g/mol. The maximum atomic E-state index is 14.2. The number of nitrogens with one attached hydrogen (secondary N) is 2. The van der Waals surface area contributed by atoms with Gasteiger partial charge < -0.3 is 15.7 Å². The number of aryl methyl sites for hydroxylation is 1. The van der Waals surface area contributed by atoms with E-state index in [1.54, 1.807) is 35.7 Å². The number of halogens is 2. The molecule has 184 valence electrons. The van der Waals surface area contributed by atoms with Crippen molar-refractivity contribution >= 4 is 22.8 Å². The maximum Gasteiger partial charge on any atom is 0.255 e. The number of anilines is 2. The van der Waals surface area contributed by atoms with Gasteiger partial charge in [0.15, 0.2) is 0 Å². The van der Waals surface area contributed by atoms with Crippen molar-refractivity contribution in [2.45, 2.75) is 32.5 Å². The Balaban J connectivity index is 1.73. The number of pyridine rings is 2. The number of aromatic nitrogens is 4. The van der Waals surface area contributed by atoms with Gasteiger partial charge in [0.1, 0.15) is 12.2 Å². The molecule has 1 amide bonds. The topological polar surface area (TPSA) is 128 Å². The van der Waals surface area contributed by atoms with E-state index in [2.05, 4.69) is 25.7 Å². The monoisotopic (exact) mass is 491 g/mol. The van der Waals surface area contributed by atoms with Gasteiger partial charge in [-0.1, -0.05) is 0 Å². The molecular formula is C25H23F2N7O2. The van der Waals surface area contributed by atoms with Gasteiger partial charge in [0.2, 0.25) is 5.95 Å². The molecule has 0 bridgehead atoms. The van der Waals surface area contributed by atoms with Crippen molar-refractivity contribution in [3.05, 3.63) is 71.6 Å². The molecule has 11 heteroatoms. The molecule has 0 radical (unpaired) electrons. The van der Waals surface area contributed by atoms with Crippen LogP contribution >= 0.6 is 0 Å².